The molecule has 0 heterocycles. The Hall–Kier alpha value is 42.8. The van der Waals surface area contributed by atoms with Gasteiger partial charge in [-0.25, -0.2) is 0 Å². The van der Waals surface area contributed by atoms with Gasteiger partial charge in [0.15, 0.2) is 0 Å². The molecule has 0 aliphatic heterocycles. The first-order chi connectivity index (χ1) is 54.3. The molecule has 0 spiro atoms. The van der Waals surface area contributed by atoms with Gasteiger partial charge in [0.25, 0.3) is 0 Å². The quantitative estimate of drug-likeness (QED) is 0.0487. The Morgan fingerprint density at radius 2 is 0.333 bits per heavy atom. The molecule has 0 bridgehead atoms. The molecule has 0 saturated carbocycles. The first-order valence-corrected chi connectivity index (χ1v) is 213. The van der Waals surface area contributed by atoms with Crippen molar-refractivity contribution in [2.75, 3.05) is 7.11 Å². The lowest BCUT2D eigenvalue weighted by Gasteiger charge is -2.72. The van der Waals surface area contributed by atoms with Gasteiger partial charge in [-0.3, -0.25) is 9.59 Å². The van der Waals surface area contributed by atoms with Gasteiger partial charge in [0.05, 0.1) is 22.3 Å². The van der Waals surface area contributed by atoms with Gasteiger partial charge in [-0.1, -0.05) is 13.8 Å². The highest BCUT2D eigenvalue weighted by atomic mass is 33.5. The third-order valence-corrected chi connectivity index (χ3v) is 685. The van der Waals surface area contributed by atoms with Crippen LogP contribution >= 0.6 is 817 Å². The number of carbonyl (C=O) groups is 2. The topological polar surface area (TPSA) is 63.6 Å². The van der Waals surface area contributed by atoms with Gasteiger partial charge in [-0.15, -0.1) is 473 Å². The number of esters is 1. The van der Waals surface area contributed by atoms with Crippen molar-refractivity contribution in [3.63, 3.8) is 0 Å². The van der Waals surface area contributed by atoms with E-state index in [4.69, 9.17) is 5.11 Å². The van der Waals surface area contributed by atoms with Crippen LogP contribution in [0.1, 0.15) is 54.4 Å². The number of ether oxygens (including phenoxy) is 1. The van der Waals surface area contributed by atoms with Crippen LogP contribution in [-0.2, 0) is 14.3 Å². The molecule has 120 heavy (non-hydrogen) atoms. The normalized spacial score (nSPS) is 15.0. The molecule has 722 valence electrons. The van der Waals surface area contributed by atoms with Gasteiger partial charge in [-0.05, 0) is 384 Å². The Morgan fingerprint density at radius 1 is 0.208 bits per heavy atom. The molecule has 0 aromatic carbocycles. The molecule has 56 unspecified atom stereocenters. The van der Waals surface area contributed by atoms with Crippen LogP contribution in [0.3, 0.4) is 0 Å². The van der Waals surface area contributed by atoms with Crippen molar-refractivity contribution >= 4 is 829 Å². The summed E-state index contributed by atoms with van der Waals surface area (Å²) < 4.78 is 4.73. The van der Waals surface area contributed by atoms with Gasteiger partial charge in [0, 0.05) is 0 Å². The summed E-state index contributed by atoms with van der Waals surface area (Å²) in [4.78, 5) is 21.1. The van der Waals surface area contributed by atoms with Crippen molar-refractivity contribution in [1.29, 1.82) is 0 Å². The predicted octanol–water partition coefficient (Wildman–Crippen LogP) is 62.4. The van der Waals surface area contributed by atoms with Crippen molar-refractivity contribution in [1.82, 2.24) is 0 Å². The second-order valence-corrected chi connectivity index (χ2v) is 433. The lowest BCUT2D eigenvalue weighted by Crippen LogP contribution is -2.24. The Balaban J connectivity index is -0.00000718. The van der Waals surface area contributed by atoms with Gasteiger partial charge >= 0.3 is 11.9 Å². The minimum Gasteiger partial charge on any atom is -0.481 e. The molecule has 106 heteroatoms. The average molecular weight is 3520 g/mol. The molecule has 1 N–H and O–H groups in total. The van der Waals surface area contributed by atoms with Crippen LogP contribution in [0.15, 0.2) is 0 Å². The number of hydrogen-bond donors (Lipinski definition) is 1. The maximum atomic E-state index is 10.8. The van der Waals surface area contributed by atoms with E-state index >= 15 is 0 Å². The van der Waals surface area contributed by atoms with Gasteiger partial charge in [0.2, 0.25) is 0 Å². The zero-order valence-electron chi connectivity index (χ0n) is 65.1. The highest BCUT2D eigenvalue weighted by Crippen LogP contribution is 3.52. The third-order valence-electron chi connectivity index (χ3n) is 12.7. The minimum atomic E-state index is -0.829. The molecule has 0 saturated heterocycles. The molecule has 0 amide bonds. The summed E-state index contributed by atoms with van der Waals surface area (Å²) in [6.07, 6.45) is 1.50. The van der Waals surface area contributed by atoms with Crippen molar-refractivity contribution in [2.24, 2.45) is 10.8 Å². The molecular weight excluding hydrogens is 3390 g/mol. The molecule has 4 nitrogen and oxygen atoms in total. The van der Waals surface area contributed by atoms with Crippen LogP contribution in [0.5, 0.6) is 0 Å². The van der Waals surface area contributed by atoms with Crippen molar-refractivity contribution in [3.8, 4) is 0 Å². The third kappa shape index (κ3) is 57.7. The summed E-state index contributed by atoms with van der Waals surface area (Å²) in [7, 11) is 203. The van der Waals surface area contributed by atoms with E-state index in [1.54, 1.807) is 13.8 Å². The fraction of sp³-hybridized carbons (Fsp3) is 0.857. The van der Waals surface area contributed by atoms with Crippen molar-refractivity contribution < 1.29 is 19.4 Å². The average Bonchev–Trinajstić information content (AvgIpc) is 0.671. The molecular formula is C14H132O4P102. The molecule has 0 fully saturated rings. The van der Waals surface area contributed by atoms with Crippen LogP contribution < -0.4 is 0 Å². The SMILES string of the molecule is CCC(C)(C)C(=O)O.CCC(C)(C)C(=O)OC.PP(P)P(P)P(P(P)P)P(P(P(P(P)P)P(P)P)P(P(P)P)P(P)P)C(P(P(P(P)P)P(P)P)P(P(P)P)P(P)P)(P(P(P(P(P)P)P(P)P)P(P(P)P)P(P)P)P(P(P(P)P)P(P)P)P(P(P)P)P(P)P)P(P(P(P(P)P)P(P)P)P(P(P)P)P(P)P)P(P(P(P)P)P(P)P)P(P(P)P)P(P)P. The summed E-state index contributed by atoms with van der Waals surface area (Å²) in [6, 6.07) is 0. The van der Waals surface area contributed by atoms with Gasteiger partial charge < -0.3 is 9.84 Å². The molecule has 0 aromatic heterocycles. The van der Waals surface area contributed by atoms with Crippen LogP contribution in [-0.4, -0.2) is 28.5 Å². The number of carboxylic acids is 1. The largest absolute Gasteiger partial charge is 0.481 e. The zero-order chi connectivity index (χ0) is 96.1. The van der Waals surface area contributed by atoms with Crippen LogP contribution in [0.2, 0.25) is 0 Å². The molecule has 0 rings (SSSR count). The van der Waals surface area contributed by atoms with E-state index in [-0.39, 0.29) is 15.8 Å². The summed E-state index contributed by atoms with van der Waals surface area (Å²) in [6.45, 7) is -13.5. The second-order valence-electron chi connectivity index (χ2n) is 22.1. The smallest absolute Gasteiger partial charge is 0.311 e. The Bertz CT molecular complexity index is 2320. The summed E-state index contributed by atoms with van der Waals surface area (Å²) in [5.41, 5.74) is -0.852. The highest BCUT2D eigenvalue weighted by molar-refractivity contribution is 9.49. The number of methoxy groups -OCH3 is 1. The molecule has 0 radical (unpaired) electrons. The number of carbonyl (C=O) groups excluding carboxylic acids is 1. The van der Waals surface area contributed by atoms with Crippen molar-refractivity contribution in [2.45, 2.75) is 58.8 Å². The molecule has 0 aliphatic carbocycles. The van der Waals surface area contributed by atoms with Crippen LogP contribution in [0.4, 0.5) is 0 Å². The van der Waals surface area contributed by atoms with E-state index in [9.17, 15) is 9.59 Å². The minimum absolute atomic E-state index is 0.134. The summed E-state index contributed by atoms with van der Waals surface area (Å²) >= 11 is 0. The second kappa shape index (κ2) is 89.0. The van der Waals surface area contributed by atoms with Gasteiger partial charge in [0.1, 0.15) is 0 Å². The fourth-order valence-electron chi connectivity index (χ4n) is 7.47. The lowest BCUT2D eigenvalue weighted by atomic mass is 9.91. The first kappa shape index (κ1) is 167. The van der Waals surface area contributed by atoms with E-state index in [0.29, 0.717) is 6.42 Å². The Kier molecular flexibility index (Phi) is 124. The van der Waals surface area contributed by atoms with E-state index < -0.39 is 355 Å². The molecule has 0 aliphatic rings. The number of carboxylic acid groups (broad SMARTS) is 1. The van der Waals surface area contributed by atoms with Crippen molar-refractivity contribution in [3.05, 3.63) is 0 Å². The van der Waals surface area contributed by atoms with Crippen LogP contribution in [0, 0.1) is 10.8 Å². The summed E-state index contributed by atoms with van der Waals surface area (Å²) in [5, 5.41) is 8.44. The Labute approximate surface area is 910 Å². The lowest BCUT2D eigenvalue weighted by molar-refractivity contribution is -0.151. The number of hydrogen-bond acceptors (Lipinski definition) is 3. The predicted molar refractivity (Wildman–Crippen MR) is 924 cm³/mol. The fourth-order valence-corrected chi connectivity index (χ4v) is 1330. The standard InChI is InChI=1S/C7H14O2.C6H12O2.CH106P102/c1-5-7(2,3)6(8)9-4;1-4-6(2,3)5(7)8;2-59(3)85(54)88(64(12)13)56(89(94(65(14)15)66(16)17)95(67(18)19)68(20)21)1(55(86(60(4)5)61(6)7)87(62(8)9)63(10)11,57(90(96(69(22)23)70(24)25)97(71(26)27)72(28)29)91(98(73(30)31)74(32)33)99(75(34)35)76(36)37)58(92(100(77(38)39)78(40)41)101(79(42)43)80(44)45)93(102(81(46)47)82(48)49)103(83(50)51)84(52)53/h5H2,1-4H3;4H2,1-3H3,(H,7,8);2-54H2. The maximum Gasteiger partial charge on any atom is 0.311 e. The monoisotopic (exact) mass is 3520 g/mol. The van der Waals surface area contributed by atoms with E-state index in [2.05, 4.69) is 478 Å². The maximum absolute atomic E-state index is 10.8. The van der Waals surface area contributed by atoms with E-state index in [1.807, 2.05) is 27.7 Å². The summed E-state index contributed by atoms with van der Waals surface area (Å²) in [5.74, 6) is -0.856. The van der Waals surface area contributed by atoms with E-state index in [0.717, 1.165) is 6.42 Å². The van der Waals surface area contributed by atoms with Crippen LogP contribution in [0.25, 0.3) is 0 Å². The number of rotatable bonds is 53. The number of aliphatic carboxylic acids is 1. The zero-order valence-corrected chi connectivity index (χ0v) is 170. The first-order valence-electron chi connectivity index (χ1n) is 29.4. The molecule has 0 aromatic rings. The highest BCUT2D eigenvalue weighted by Gasteiger charge is 2.77. The Morgan fingerprint density at radius 3 is 0.417 bits per heavy atom. The van der Waals surface area contributed by atoms with E-state index in [1.165, 1.54) is 7.11 Å². The van der Waals surface area contributed by atoms with Gasteiger partial charge in [-0.2, -0.15) is 0 Å². The molecule has 56 atom stereocenters.